The van der Waals surface area contributed by atoms with Gasteiger partial charge in [-0.05, 0) is 36.8 Å². The molecule has 0 saturated heterocycles. The highest BCUT2D eigenvalue weighted by Gasteiger charge is 2.37. The molecule has 28 heavy (non-hydrogen) atoms. The Kier molecular flexibility index (Phi) is 4.38. The van der Waals surface area contributed by atoms with Gasteiger partial charge in [-0.1, -0.05) is 12.1 Å². The number of carbonyl (C=O) groups is 2. The molecule has 144 valence electrons. The third-order valence-electron chi connectivity index (χ3n) is 4.71. The van der Waals surface area contributed by atoms with Crippen LogP contribution in [-0.2, 0) is 9.53 Å². The number of esters is 1. The van der Waals surface area contributed by atoms with E-state index >= 15 is 0 Å². The smallest absolute Gasteiger partial charge is 0.337 e. The molecule has 2 aliphatic heterocycles. The van der Waals surface area contributed by atoms with Gasteiger partial charge in [0.1, 0.15) is 5.82 Å². The quantitative estimate of drug-likeness (QED) is 0.822. The van der Waals surface area contributed by atoms with Gasteiger partial charge in [0, 0.05) is 11.8 Å². The molecular weight excluding hydrogens is 367 g/mol. The van der Waals surface area contributed by atoms with Crippen molar-refractivity contribution in [3.63, 3.8) is 0 Å². The number of anilines is 1. The van der Waals surface area contributed by atoms with Crippen LogP contribution >= 0.6 is 0 Å². The van der Waals surface area contributed by atoms with E-state index in [1.165, 1.54) is 36.3 Å². The SMILES string of the molecule is COC(=O)C1=C(C)N(c2ccc3c(c2)OCO3)C(=O)NC1c1ccc(F)cc1. The number of halogens is 1. The fourth-order valence-electron chi connectivity index (χ4n) is 3.36. The lowest BCUT2D eigenvalue weighted by atomic mass is 9.94. The van der Waals surface area contributed by atoms with Crippen molar-refractivity contribution in [2.45, 2.75) is 13.0 Å². The molecule has 8 heteroatoms. The third kappa shape index (κ3) is 2.92. The van der Waals surface area contributed by atoms with Crippen molar-refractivity contribution in [1.82, 2.24) is 5.32 Å². The standard InChI is InChI=1S/C20H17FN2O5/c1-11-17(19(24)26-2)18(12-3-5-13(21)6-4-12)22-20(25)23(11)14-7-8-15-16(9-14)28-10-27-15/h3-9,18H,10H2,1-2H3,(H,22,25). The molecule has 2 aromatic carbocycles. The maximum atomic E-state index is 13.3. The van der Waals surface area contributed by atoms with Gasteiger partial charge in [-0.15, -0.1) is 0 Å². The molecule has 0 saturated carbocycles. The number of allylic oxidation sites excluding steroid dienone is 1. The van der Waals surface area contributed by atoms with Crippen molar-refractivity contribution in [2.24, 2.45) is 0 Å². The monoisotopic (exact) mass is 384 g/mol. The lowest BCUT2D eigenvalue weighted by Crippen LogP contribution is -2.48. The second kappa shape index (κ2) is 6.88. The Morgan fingerprint density at radius 2 is 1.89 bits per heavy atom. The van der Waals surface area contributed by atoms with Crippen LogP contribution in [0.1, 0.15) is 18.5 Å². The van der Waals surface area contributed by atoms with Crippen LogP contribution in [0.5, 0.6) is 11.5 Å². The Labute approximate surface area is 160 Å². The Bertz CT molecular complexity index is 987. The lowest BCUT2D eigenvalue weighted by molar-refractivity contribution is -0.136. The molecule has 1 unspecified atom stereocenters. The van der Waals surface area contributed by atoms with Crippen LogP contribution in [0, 0.1) is 5.82 Å². The number of hydrogen-bond acceptors (Lipinski definition) is 5. The molecule has 7 nitrogen and oxygen atoms in total. The minimum absolute atomic E-state index is 0.111. The molecular formula is C20H17FN2O5. The van der Waals surface area contributed by atoms with E-state index < -0.39 is 23.9 Å². The fraction of sp³-hybridized carbons (Fsp3) is 0.200. The minimum Gasteiger partial charge on any atom is -0.466 e. The van der Waals surface area contributed by atoms with Gasteiger partial charge in [-0.3, -0.25) is 4.90 Å². The number of carbonyl (C=O) groups excluding carboxylic acids is 2. The van der Waals surface area contributed by atoms with Crippen molar-refractivity contribution in [3.05, 3.63) is 65.1 Å². The zero-order valence-corrected chi connectivity index (χ0v) is 15.2. The number of methoxy groups -OCH3 is 1. The molecule has 0 fully saturated rings. The van der Waals surface area contributed by atoms with Gasteiger partial charge in [0.15, 0.2) is 11.5 Å². The predicted octanol–water partition coefficient (Wildman–Crippen LogP) is 3.27. The summed E-state index contributed by atoms with van der Waals surface area (Å²) in [4.78, 5) is 26.8. The fourth-order valence-corrected chi connectivity index (χ4v) is 3.36. The number of nitrogens with one attached hydrogen (secondary N) is 1. The van der Waals surface area contributed by atoms with Crippen LogP contribution in [0.3, 0.4) is 0 Å². The summed E-state index contributed by atoms with van der Waals surface area (Å²) in [5.41, 5.74) is 1.74. The number of hydrogen-bond donors (Lipinski definition) is 1. The maximum Gasteiger partial charge on any atom is 0.337 e. The first-order valence-electron chi connectivity index (χ1n) is 8.54. The summed E-state index contributed by atoms with van der Waals surface area (Å²) in [6, 6.07) is 9.46. The van der Waals surface area contributed by atoms with E-state index in [0.717, 1.165) is 0 Å². The predicted molar refractivity (Wildman–Crippen MR) is 97.4 cm³/mol. The number of fused-ring (bicyclic) bond motifs is 1. The van der Waals surface area contributed by atoms with Crippen molar-refractivity contribution >= 4 is 17.7 Å². The highest BCUT2D eigenvalue weighted by Crippen LogP contribution is 2.39. The summed E-state index contributed by atoms with van der Waals surface area (Å²) >= 11 is 0. The van der Waals surface area contributed by atoms with Gasteiger partial charge in [0.05, 0.1) is 24.4 Å². The van der Waals surface area contributed by atoms with Gasteiger partial charge < -0.3 is 19.5 Å². The molecule has 0 spiro atoms. The third-order valence-corrected chi connectivity index (χ3v) is 4.71. The summed E-state index contributed by atoms with van der Waals surface area (Å²) < 4.78 is 28.9. The van der Waals surface area contributed by atoms with Crippen LogP contribution in [0.4, 0.5) is 14.9 Å². The largest absolute Gasteiger partial charge is 0.466 e. The minimum atomic E-state index is -0.759. The number of ether oxygens (including phenoxy) is 3. The first-order valence-corrected chi connectivity index (χ1v) is 8.54. The van der Waals surface area contributed by atoms with Crippen LogP contribution in [0.2, 0.25) is 0 Å². The average molecular weight is 384 g/mol. The van der Waals surface area contributed by atoms with Gasteiger partial charge in [0.2, 0.25) is 6.79 Å². The van der Waals surface area contributed by atoms with Crippen molar-refractivity contribution in [2.75, 3.05) is 18.8 Å². The number of benzene rings is 2. The van der Waals surface area contributed by atoms with Crippen molar-refractivity contribution in [1.29, 1.82) is 0 Å². The van der Waals surface area contributed by atoms with E-state index in [1.54, 1.807) is 25.1 Å². The number of nitrogens with zero attached hydrogens (tertiary/aromatic N) is 1. The molecule has 2 aromatic rings. The molecule has 2 heterocycles. The van der Waals surface area contributed by atoms with Crippen LogP contribution in [0.15, 0.2) is 53.7 Å². The van der Waals surface area contributed by atoms with Crippen molar-refractivity contribution < 1.29 is 28.2 Å². The lowest BCUT2D eigenvalue weighted by Gasteiger charge is -2.35. The number of urea groups is 1. The summed E-state index contributed by atoms with van der Waals surface area (Å²) in [6.07, 6.45) is 0. The van der Waals surface area contributed by atoms with Crippen LogP contribution < -0.4 is 19.7 Å². The first-order chi connectivity index (χ1) is 13.5. The molecule has 1 N–H and O–H groups in total. The molecule has 2 aliphatic rings. The second-order valence-electron chi connectivity index (χ2n) is 6.30. The highest BCUT2D eigenvalue weighted by molar-refractivity contribution is 6.03. The van der Waals surface area contributed by atoms with Gasteiger partial charge in [-0.25, -0.2) is 14.0 Å². The van der Waals surface area contributed by atoms with E-state index in [0.29, 0.717) is 28.4 Å². The Morgan fingerprint density at radius 1 is 1.18 bits per heavy atom. The maximum absolute atomic E-state index is 13.3. The second-order valence-corrected chi connectivity index (χ2v) is 6.30. The number of amides is 2. The van der Waals surface area contributed by atoms with E-state index in [-0.39, 0.29) is 12.4 Å². The Morgan fingerprint density at radius 3 is 2.61 bits per heavy atom. The normalized spacial score (nSPS) is 18.2. The number of rotatable bonds is 3. The molecule has 0 aliphatic carbocycles. The molecule has 2 amide bonds. The summed E-state index contributed by atoms with van der Waals surface area (Å²) in [7, 11) is 1.27. The summed E-state index contributed by atoms with van der Waals surface area (Å²) in [5.74, 6) is 0.101. The summed E-state index contributed by atoms with van der Waals surface area (Å²) in [5, 5.41) is 2.80. The van der Waals surface area contributed by atoms with E-state index in [1.807, 2.05) is 0 Å². The van der Waals surface area contributed by atoms with Crippen LogP contribution in [-0.4, -0.2) is 25.9 Å². The topological polar surface area (TPSA) is 77.1 Å². The molecule has 4 rings (SSSR count). The molecule has 0 bridgehead atoms. The van der Waals surface area contributed by atoms with Gasteiger partial charge >= 0.3 is 12.0 Å². The van der Waals surface area contributed by atoms with E-state index in [4.69, 9.17) is 14.2 Å². The Balaban J connectivity index is 1.81. The van der Waals surface area contributed by atoms with Crippen molar-refractivity contribution in [3.8, 4) is 11.5 Å². The van der Waals surface area contributed by atoms with Gasteiger partial charge in [0.25, 0.3) is 0 Å². The molecule has 0 radical (unpaired) electrons. The zero-order valence-electron chi connectivity index (χ0n) is 15.2. The van der Waals surface area contributed by atoms with Crippen LogP contribution in [0.25, 0.3) is 0 Å². The first kappa shape index (κ1) is 17.8. The molecule has 1 atom stereocenters. The summed E-state index contributed by atoms with van der Waals surface area (Å²) in [6.45, 7) is 1.77. The molecule has 0 aromatic heterocycles. The Hall–Kier alpha value is -3.55. The van der Waals surface area contributed by atoms with E-state index in [9.17, 15) is 14.0 Å². The highest BCUT2D eigenvalue weighted by atomic mass is 19.1. The zero-order chi connectivity index (χ0) is 19.8. The van der Waals surface area contributed by atoms with Gasteiger partial charge in [-0.2, -0.15) is 0 Å². The van der Waals surface area contributed by atoms with E-state index in [2.05, 4.69) is 5.32 Å². The average Bonchev–Trinajstić information content (AvgIpc) is 3.15.